The molecule has 1 N–H and O–H groups in total. The number of hydrogen-bond acceptors (Lipinski definition) is 7. The molecule has 22 heavy (non-hydrogen) atoms. The lowest BCUT2D eigenvalue weighted by atomic mass is 9.81. The van der Waals surface area contributed by atoms with E-state index in [4.69, 9.17) is 0 Å². The monoisotopic (exact) mass is 456 g/mol. The van der Waals surface area contributed by atoms with Gasteiger partial charge in [0.05, 0.1) is 11.9 Å². The zero-order chi connectivity index (χ0) is 16.0. The second-order valence-corrected chi connectivity index (χ2v) is 10.1. The fourth-order valence-corrected chi connectivity index (χ4v) is 5.92. The number of aliphatic hydroxyl groups is 1. The molecule has 0 unspecified atom stereocenters. The molecule has 10 heteroatoms. The van der Waals surface area contributed by atoms with Crippen LogP contribution in [0, 0.1) is 9.12 Å². The lowest BCUT2D eigenvalue weighted by Gasteiger charge is -2.40. The van der Waals surface area contributed by atoms with E-state index < -0.39 is 15.3 Å². The molecule has 0 aromatic carbocycles. The maximum atomic E-state index is 11.6. The molecule has 3 rings (SSSR count). The first kappa shape index (κ1) is 16.4. The zero-order valence-corrected chi connectivity index (χ0v) is 15.9. The average molecular weight is 456 g/mol. The van der Waals surface area contributed by atoms with Crippen LogP contribution in [0.25, 0.3) is 4.96 Å². The van der Waals surface area contributed by atoms with E-state index in [-0.39, 0.29) is 12.4 Å². The molecule has 122 valence electrons. The van der Waals surface area contributed by atoms with Crippen LogP contribution >= 0.6 is 33.9 Å². The topological polar surface area (TPSA) is 87.8 Å². The van der Waals surface area contributed by atoms with E-state index >= 15 is 0 Å². The molecule has 3 heterocycles. The largest absolute Gasteiger partial charge is 0.396 e. The Bertz CT molecular complexity index is 777. The summed E-state index contributed by atoms with van der Waals surface area (Å²) in [6.07, 6.45) is 4.31. The number of imidazole rings is 1. The van der Waals surface area contributed by atoms with Gasteiger partial charge < -0.3 is 10.0 Å². The van der Waals surface area contributed by atoms with Crippen molar-refractivity contribution < 1.29 is 13.5 Å². The first-order chi connectivity index (χ1) is 10.3. The minimum atomic E-state index is -3.10. The quantitative estimate of drug-likeness (QED) is 0.692. The number of aromatic nitrogens is 3. The van der Waals surface area contributed by atoms with E-state index in [1.165, 1.54) is 17.6 Å². The van der Waals surface area contributed by atoms with Crippen LogP contribution in [0.1, 0.15) is 12.8 Å². The number of rotatable bonds is 4. The molecule has 2 aromatic rings. The fraction of sp³-hybridized carbons (Fsp3) is 0.667. The predicted molar refractivity (Wildman–Crippen MR) is 94.3 cm³/mol. The summed E-state index contributed by atoms with van der Waals surface area (Å²) in [5, 5.41) is 15.1. The number of sulfone groups is 1. The number of nitrogens with zero attached hydrogens (tertiary/aromatic N) is 4. The van der Waals surface area contributed by atoms with Crippen LogP contribution < -0.4 is 4.90 Å². The van der Waals surface area contributed by atoms with Gasteiger partial charge in [0.15, 0.2) is 0 Å². The first-order valence-corrected chi connectivity index (χ1v) is 10.8. The number of fused-ring (bicyclic) bond motifs is 1. The summed E-state index contributed by atoms with van der Waals surface area (Å²) in [7, 11) is -3.10. The zero-order valence-electron chi connectivity index (χ0n) is 12.1. The molecule has 1 fully saturated rings. The Morgan fingerprint density at radius 3 is 2.68 bits per heavy atom. The van der Waals surface area contributed by atoms with Crippen molar-refractivity contribution in [1.29, 1.82) is 0 Å². The molecule has 1 saturated heterocycles. The van der Waals surface area contributed by atoms with E-state index in [0.717, 1.165) is 13.8 Å². The van der Waals surface area contributed by atoms with E-state index in [2.05, 4.69) is 37.6 Å². The summed E-state index contributed by atoms with van der Waals surface area (Å²) in [5.74, 6) is 0.0451. The predicted octanol–water partition coefficient (Wildman–Crippen LogP) is 1.02. The Hall–Kier alpha value is -0.460. The van der Waals surface area contributed by atoms with Gasteiger partial charge in [0.25, 0.3) is 0 Å². The Balaban J connectivity index is 1.75. The van der Waals surface area contributed by atoms with Gasteiger partial charge in [-0.05, 0) is 35.4 Å². The molecule has 0 bridgehead atoms. The SMILES string of the molecule is CS(=O)(=O)CC1(CO)CCN(c2nn3c(I)cnc3s2)CC1. The van der Waals surface area contributed by atoms with Gasteiger partial charge >= 0.3 is 0 Å². The van der Waals surface area contributed by atoms with Crippen LogP contribution in [0.4, 0.5) is 5.13 Å². The second kappa shape index (κ2) is 5.87. The number of anilines is 1. The summed E-state index contributed by atoms with van der Waals surface area (Å²) < 4.78 is 26.0. The molecule has 2 aromatic heterocycles. The number of halogens is 1. The van der Waals surface area contributed by atoms with Crippen LogP contribution in [0.5, 0.6) is 0 Å². The van der Waals surface area contributed by atoms with Gasteiger partial charge in [-0.3, -0.25) is 0 Å². The summed E-state index contributed by atoms with van der Waals surface area (Å²) in [6.45, 7) is 1.31. The van der Waals surface area contributed by atoms with Crippen molar-refractivity contribution in [3.05, 3.63) is 9.90 Å². The van der Waals surface area contributed by atoms with Crippen LogP contribution in [-0.2, 0) is 9.84 Å². The highest BCUT2D eigenvalue weighted by Crippen LogP contribution is 2.35. The van der Waals surface area contributed by atoms with E-state index in [1.54, 1.807) is 6.20 Å². The molecule has 7 nitrogen and oxygen atoms in total. The number of hydrogen-bond donors (Lipinski definition) is 1. The van der Waals surface area contributed by atoms with Gasteiger partial charge in [-0.25, -0.2) is 13.4 Å². The Kier molecular flexibility index (Phi) is 4.38. The molecule has 0 saturated carbocycles. The lowest BCUT2D eigenvalue weighted by molar-refractivity contribution is 0.117. The maximum absolute atomic E-state index is 11.6. The van der Waals surface area contributed by atoms with Crippen LogP contribution in [0.2, 0.25) is 0 Å². The highest BCUT2D eigenvalue weighted by molar-refractivity contribution is 14.1. The average Bonchev–Trinajstić information content (AvgIpc) is 3.01. The van der Waals surface area contributed by atoms with E-state index in [0.29, 0.717) is 25.9 Å². The van der Waals surface area contributed by atoms with Crippen molar-refractivity contribution in [2.45, 2.75) is 12.8 Å². The molecule has 1 aliphatic rings. The van der Waals surface area contributed by atoms with Crippen molar-refractivity contribution in [1.82, 2.24) is 14.6 Å². The minimum absolute atomic E-state index is 0.0451. The molecule has 0 atom stereocenters. The smallest absolute Gasteiger partial charge is 0.214 e. The van der Waals surface area contributed by atoms with Gasteiger partial charge in [0, 0.05) is 31.4 Å². The van der Waals surface area contributed by atoms with Crippen LogP contribution in [0.3, 0.4) is 0 Å². The third-order valence-electron chi connectivity index (χ3n) is 4.03. The van der Waals surface area contributed by atoms with E-state index in [9.17, 15) is 13.5 Å². The first-order valence-electron chi connectivity index (χ1n) is 6.86. The molecule has 0 radical (unpaired) electrons. The molecule has 1 aliphatic heterocycles. The number of aliphatic hydroxyl groups excluding tert-OH is 1. The highest BCUT2D eigenvalue weighted by atomic mass is 127. The Morgan fingerprint density at radius 2 is 2.14 bits per heavy atom. The summed E-state index contributed by atoms with van der Waals surface area (Å²) in [5.41, 5.74) is -0.518. The van der Waals surface area contributed by atoms with Gasteiger partial charge in [0.1, 0.15) is 13.5 Å². The molecule has 0 aliphatic carbocycles. The normalized spacial score (nSPS) is 19.0. The Morgan fingerprint density at radius 1 is 1.45 bits per heavy atom. The van der Waals surface area contributed by atoms with Crippen molar-refractivity contribution in [2.75, 3.05) is 36.6 Å². The van der Waals surface area contributed by atoms with Crippen LogP contribution in [0.15, 0.2) is 6.20 Å². The summed E-state index contributed by atoms with van der Waals surface area (Å²) in [4.78, 5) is 7.29. The minimum Gasteiger partial charge on any atom is -0.396 e. The molecule has 0 spiro atoms. The van der Waals surface area contributed by atoms with Crippen molar-refractivity contribution in [3.63, 3.8) is 0 Å². The van der Waals surface area contributed by atoms with Crippen molar-refractivity contribution >= 4 is 53.9 Å². The van der Waals surface area contributed by atoms with Crippen LogP contribution in [-0.4, -0.2) is 59.8 Å². The second-order valence-electron chi connectivity index (χ2n) is 5.88. The number of piperidine rings is 1. The van der Waals surface area contributed by atoms with Crippen molar-refractivity contribution in [2.24, 2.45) is 5.41 Å². The van der Waals surface area contributed by atoms with Gasteiger partial charge in [-0.15, -0.1) is 5.10 Å². The lowest BCUT2D eigenvalue weighted by Crippen LogP contribution is -2.45. The highest BCUT2D eigenvalue weighted by Gasteiger charge is 2.37. The van der Waals surface area contributed by atoms with Gasteiger partial charge in [0.2, 0.25) is 10.1 Å². The Labute approximate surface area is 146 Å². The third kappa shape index (κ3) is 3.24. The molecule has 0 amide bonds. The van der Waals surface area contributed by atoms with E-state index in [1.807, 2.05) is 4.52 Å². The van der Waals surface area contributed by atoms with Gasteiger partial charge in [-0.2, -0.15) is 4.52 Å². The molecular formula is C12H17IN4O3S2. The fourth-order valence-electron chi connectivity index (χ4n) is 2.86. The van der Waals surface area contributed by atoms with Gasteiger partial charge in [-0.1, -0.05) is 11.3 Å². The maximum Gasteiger partial charge on any atom is 0.214 e. The summed E-state index contributed by atoms with van der Waals surface area (Å²) >= 11 is 3.72. The summed E-state index contributed by atoms with van der Waals surface area (Å²) in [6, 6.07) is 0. The molecular weight excluding hydrogens is 439 g/mol. The standard InChI is InChI=1S/C12H17IN4O3S2/c1-22(19,20)8-12(7-18)2-4-16(5-3-12)11-15-17-9(13)6-14-10(17)21-11/h6,18H,2-5,7-8H2,1H3. The van der Waals surface area contributed by atoms with Crippen molar-refractivity contribution in [3.8, 4) is 0 Å². The third-order valence-corrected chi connectivity index (χ3v) is 6.89.